The molecule has 1 aromatic carbocycles. The molecular formula is C28H29ClN6O. The number of amides is 1. The van der Waals surface area contributed by atoms with E-state index in [1.807, 2.05) is 43.4 Å². The van der Waals surface area contributed by atoms with Gasteiger partial charge in [0.15, 0.2) is 0 Å². The Kier molecular flexibility index (Phi) is 6.11. The van der Waals surface area contributed by atoms with Gasteiger partial charge in [-0.05, 0) is 73.5 Å². The number of anilines is 2. The van der Waals surface area contributed by atoms with E-state index in [1.54, 1.807) is 6.20 Å². The van der Waals surface area contributed by atoms with Gasteiger partial charge in [-0.15, -0.1) is 0 Å². The first-order valence-corrected chi connectivity index (χ1v) is 12.9. The molecule has 2 aliphatic rings. The fraction of sp³-hybridized carbons (Fsp3) is 0.321. The van der Waals surface area contributed by atoms with E-state index in [1.165, 1.54) is 24.0 Å². The molecule has 0 saturated heterocycles. The van der Waals surface area contributed by atoms with Crippen molar-refractivity contribution in [1.29, 1.82) is 0 Å². The van der Waals surface area contributed by atoms with Gasteiger partial charge < -0.3 is 20.4 Å². The van der Waals surface area contributed by atoms with Crippen LogP contribution in [0.15, 0.2) is 61.1 Å². The minimum Gasteiger partial charge on any atom is -0.379 e. The number of halogens is 1. The van der Waals surface area contributed by atoms with Gasteiger partial charge in [0.25, 0.3) is 0 Å². The molecule has 0 unspecified atom stereocenters. The summed E-state index contributed by atoms with van der Waals surface area (Å²) < 4.78 is 2.15. The summed E-state index contributed by atoms with van der Waals surface area (Å²) in [5.41, 5.74) is 6.57. The SMILES string of the molecule is CNCc1cc(C2CC2)cn2cc(CNc3ccnc(NC(=O)[C@H]4C[C@@H]4c4cccc(Cl)c4)c3)nc12. The molecule has 3 heterocycles. The third-order valence-electron chi connectivity index (χ3n) is 7.00. The number of aromatic nitrogens is 3. The van der Waals surface area contributed by atoms with Crippen LogP contribution in [0.4, 0.5) is 11.5 Å². The smallest absolute Gasteiger partial charge is 0.229 e. The van der Waals surface area contributed by atoms with Gasteiger partial charge in [-0.1, -0.05) is 23.7 Å². The van der Waals surface area contributed by atoms with E-state index < -0.39 is 0 Å². The van der Waals surface area contributed by atoms with Crippen LogP contribution in [-0.4, -0.2) is 27.3 Å². The number of hydrogen-bond acceptors (Lipinski definition) is 5. The van der Waals surface area contributed by atoms with Crippen LogP contribution in [0.25, 0.3) is 5.65 Å². The summed E-state index contributed by atoms with van der Waals surface area (Å²) >= 11 is 6.11. The third-order valence-corrected chi connectivity index (χ3v) is 7.24. The monoisotopic (exact) mass is 500 g/mol. The lowest BCUT2D eigenvalue weighted by molar-refractivity contribution is -0.117. The quantitative estimate of drug-likeness (QED) is 0.289. The summed E-state index contributed by atoms with van der Waals surface area (Å²) in [5, 5.41) is 10.4. The Bertz CT molecular complexity index is 1430. The third kappa shape index (κ3) is 4.94. The molecule has 0 bridgehead atoms. The van der Waals surface area contributed by atoms with Crippen molar-refractivity contribution in [2.24, 2.45) is 5.92 Å². The predicted molar refractivity (Wildman–Crippen MR) is 142 cm³/mol. The van der Waals surface area contributed by atoms with Crippen LogP contribution >= 0.6 is 11.6 Å². The topological polar surface area (TPSA) is 83.4 Å². The second kappa shape index (κ2) is 9.56. The Morgan fingerprint density at radius 1 is 1.11 bits per heavy atom. The van der Waals surface area contributed by atoms with Gasteiger partial charge in [-0.2, -0.15) is 0 Å². The number of carbonyl (C=O) groups excluding carboxylic acids is 1. The van der Waals surface area contributed by atoms with Gasteiger partial charge in [0.2, 0.25) is 5.91 Å². The number of pyridine rings is 2. The molecule has 1 amide bonds. The molecule has 3 N–H and O–H groups in total. The molecule has 8 heteroatoms. The number of benzene rings is 1. The molecular weight excluding hydrogens is 472 g/mol. The Morgan fingerprint density at radius 3 is 2.81 bits per heavy atom. The van der Waals surface area contributed by atoms with Crippen molar-refractivity contribution in [3.8, 4) is 0 Å². The number of rotatable bonds is 9. The lowest BCUT2D eigenvalue weighted by atomic mass is 10.1. The molecule has 4 aromatic rings. The lowest BCUT2D eigenvalue weighted by Crippen LogP contribution is -2.15. The zero-order chi connectivity index (χ0) is 24.6. The van der Waals surface area contributed by atoms with Gasteiger partial charge in [-0.25, -0.2) is 9.97 Å². The molecule has 2 atom stereocenters. The molecule has 0 radical (unpaired) electrons. The first-order chi connectivity index (χ1) is 17.6. The summed E-state index contributed by atoms with van der Waals surface area (Å²) in [6, 6.07) is 13.8. The molecule has 184 valence electrons. The Morgan fingerprint density at radius 2 is 2.00 bits per heavy atom. The van der Waals surface area contributed by atoms with Crippen molar-refractivity contribution in [1.82, 2.24) is 19.7 Å². The van der Waals surface area contributed by atoms with Gasteiger partial charge in [0.1, 0.15) is 11.5 Å². The molecule has 2 fully saturated rings. The molecule has 36 heavy (non-hydrogen) atoms. The van der Waals surface area contributed by atoms with Gasteiger partial charge in [0, 0.05) is 53.4 Å². The largest absolute Gasteiger partial charge is 0.379 e. The molecule has 6 rings (SSSR count). The highest BCUT2D eigenvalue weighted by molar-refractivity contribution is 6.30. The molecule has 0 spiro atoms. The minimum atomic E-state index is -0.0489. The van der Waals surface area contributed by atoms with Crippen molar-refractivity contribution in [2.75, 3.05) is 17.7 Å². The first kappa shape index (κ1) is 23.0. The molecule has 7 nitrogen and oxygen atoms in total. The van der Waals surface area contributed by atoms with Gasteiger partial charge in [0.05, 0.1) is 12.2 Å². The van der Waals surface area contributed by atoms with Crippen molar-refractivity contribution in [3.05, 3.63) is 88.5 Å². The second-order valence-corrected chi connectivity index (χ2v) is 10.3. The van der Waals surface area contributed by atoms with Crippen LogP contribution in [0.3, 0.4) is 0 Å². The first-order valence-electron chi connectivity index (χ1n) is 12.5. The van der Waals surface area contributed by atoms with E-state index in [-0.39, 0.29) is 17.7 Å². The normalized spacial score (nSPS) is 18.8. The number of imidazole rings is 1. The highest BCUT2D eigenvalue weighted by Gasteiger charge is 2.44. The second-order valence-electron chi connectivity index (χ2n) is 9.84. The number of nitrogens with one attached hydrogen (secondary N) is 3. The zero-order valence-electron chi connectivity index (χ0n) is 20.2. The number of nitrogens with zero attached hydrogens (tertiary/aromatic N) is 3. The van der Waals surface area contributed by atoms with Crippen LogP contribution in [0.1, 0.15) is 53.5 Å². The van der Waals surface area contributed by atoms with Crippen molar-refractivity contribution in [2.45, 2.75) is 44.2 Å². The predicted octanol–water partition coefficient (Wildman–Crippen LogP) is 5.33. The fourth-order valence-electron chi connectivity index (χ4n) is 4.90. The van der Waals surface area contributed by atoms with Crippen LogP contribution in [-0.2, 0) is 17.9 Å². The number of carbonyl (C=O) groups is 1. The summed E-state index contributed by atoms with van der Waals surface area (Å²) in [5.74, 6) is 1.40. The van der Waals surface area contributed by atoms with Crippen LogP contribution in [0, 0.1) is 5.92 Å². The van der Waals surface area contributed by atoms with Crippen molar-refractivity contribution >= 4 is 34.7 Å². The average Bonchev–Trinajstić information content (AvgIpc) is 3.79. The summed E-state index contributed by atoms with van der Waals surface area (Å²) in [6.45, 7) is 1.37. The maximum Gasteiger partial charge on any atom is 0.229 e. The van der Waals surface area contributed by atoms with Gasteiger partial charge >= 0.3 is 0 Å². The zero-order valence-corrected chi connectivity index (χ0v) is 20.9. The summed E-state index contributed by atoms with van der Waals surface area (Å²) in [7, 11) is 1.96. The van der Waals surface area contributed by atoms with Crippen LogP contribution in [0.5, 0.6) is 0 Å². The molecule has 3 aromatic heterocycles. The standard InChI is InChI=1S/C28H29ClN6O/c1-30-13-19-9-20(17-5-6-17)15-35-16-23(33-27(19)35)14-32-22-7-8-31-26(11-22)34-28(36)25-12-24(25)18-3-2-4-21(29)10-18/h2-4,7-11,15-17,24-25,30H,5-6,12-14H2,1H3,(H2,31,32,34,36)/t24-,25+/m1/s1. The highest BCUT2D eigenvalue weighted by atomic mass is 35.5. The van der Waals surface area contributed by atoms with E-state index in [9.17, 15) is 4.79 Å². The maximum absolute atomic E-state index is 12.8. The van der Waals surface area contributed by atoms with E-state index in [2.05, 4.69) is 43.8 Å². The van der Waals surface area contributed by atoms with Crippen LogP contribution < -0.4 is 16.0 Å². The minimum absolute atomic E-state index is 0.00601. The molecule has 2 aliphatic carbocycles. The average molecular weight is 501 g/mol. The lowest BCUT2D eigenvalue weighted by Gasteiger charge is -2.08. The summed E-state index contributed by atoms with van der Waals surface area (Å²) in [6.07, 6.45) is 9.40. The Labute approximate surface area is 215 Å². The van der Waals surface area contributed by atoms with Crippen molar-refractivity contribution < 1.29 is 4.79 Å². The Balaban J connectivity index is 1.10. The highest BCUT2D eigenvalue weighted by Crippen LogP contribution is 2.48. The maximum atomic E-state index is 12.8. The number of hydrogen-bond donors (Lipinski definition) is 3. The number of fused-ring (bicyclic) bond motifs is 1. The fourth-order valence-corrected chi connectivity index (χ4v) is 5.10. The van der Waals surface area contributed by atoms with E-state index >= 15 is 0 Å². The van der Waals surface area contributed by atoms with E-state index in [0.29, 0.717) is 23.3 Å². The van der Waals surface area contributed by atoms with Crippen LogP contribution in [0.2, 0.25) is 5.02 Å². The summed E-state index contributed by atoms with van der Waals surface area (Å²) in [4.78, 5) is 22.0. The van der Waals surface area contributed by atoms with Gasteiger partial charge in [-0.3, -0.25) is 4.79 Å². The van der Waals surface area contributed by atoms with E-state index in [4.69, 9.17) is 16.6 Å². The Hall–Kier alpha value is -3.42. The van der Waals surface area contributed by atoms with Crippen molar-refractivity contribution in [3.63, 3.8) is 0 Å². The molecule has 2 saturated carbocycles. The molecule has 0 aliphatic heterocycles. The van der Waals surface area contributed by atoms with E-state index in [0.717, 1.165) is 35.6 Å².